The smallest absolute Gasteiger partial charge is 0.237 e. The summed E-state index contributed by atoms with van der Waals surface area (Å²) in [6, 6.07) is 10.7. The van der Waals surface area contributed by atoms with Gasteiger partial charge in [0.25, 0.3) is 0 Å². The molecule has 0 aromatic heterocycles. The summed E-state index contributed by atoms with van der Waals surface area (Å²) < 4.78 is 0. The second-order valence-electron chi connectivity index (χ2n) is 6.27. The third-order valence-corrected chi connectivity index (χ3v) is 4.55. The second-order valence-corrected chi connectivity index (χ2v) is 6.27. The molecule has 0 saturated carbocycles. The molecule has 0 aliphatic carbocycles. The van der Waals surface area contributed by atoms with Crippen LogP contribution < -0.4 is 11.1 Å². The molecule has 21 heavy (non-hydrogen) atoms. The molecule has 1 aliphatic heterocycles. The number of benzene rings is 1. The van der Waals surface area contributed by atoms with Crippen molar-refractivity contribution in [3.8, 4) is 0 Å². The lowest BCUT2D eigenvalue weighted by molar-refractivity contribution is -0.125. The molecule has 0 spiro atoms. The van der Waals surface area contributed by atoms with Crippen molar-refractivity contribution in [3.63, 3.8) is 0 Å². The van der Waals surface area contributed by atoms with Crippen LogP contribution in [-0.4, -0.2) is 35.5 Å². The molecule has 2 rings (SSSR count). The fraction of sp³-hybridized carbons (Fsp3) is 0.588. The molecular formula is C17H27N3O. The standard InChI is InChI=1S/C17H27N3O/c1-14(2)20-11-6-9-17(10-12-20,16(18)21)19-13-15-7-4-3-5-8-15/h3-5,7-8,14,19H,6,9-13H2,1-2H3,(H2,18,21). The number of amides is 1. The van der Waals surface area contributed by atoms with Gasteiger partial charge in [-0.2, -0.15) is 0 Å². The Hall–Kier alpha value is -1.39. The number of carbonyl (C=O) groups is 1. The van der Waals surface area contributed by atoms with Crippen LogP contribution in [0.25, 0.3) is 0 Å². The summed E-state index contributed by atoms with van der Waals surface area (Å²) in [6.45, 7) is 7.05. The van der Waals surface area contributed by atoms with Gasteiger partial charge in [-0.3, -0.25) is 10.1 Å². The van der Waals surface area contributed by atoms with E-state index >= 15 is 0 Å². The van der Waals surface area contributed by atoms with Crippen LogP contribution in [-0.2, 0) is 11.3 Å². The average Bonchev–Trinajstić information content (AvgIpc) is 2.70. The number of nitrogens with one attached hydrogen (secondary N) is 1. The quantitative estimate of drug-likeness (QED) is 0.870. The summed E-state index contributed by atoms with van der Waals surface area (Å²) in [5, 5.41) is 3.45. The fourth-order valence-corrected chi connectivity index (χ4v) is 3.05. The van der Waals surface area contributed by atoms with Crippen molar-refractivity contribution in [3.05, 3.63) is 35.9 Å². The van der Waals surface area contributed by atoms with Gasteiger partial charge in [-0.15, -0.1) is 0 Å². The Morgan fingerprint density at radius 2 is 2.00 bits per heavy atom. The van der Waals surface area contributed by atoms with Crippen molar-refractivity contribution >= 4 is 5.91 Å². The Balaban J connectivity index is 2.05. The average molecular weight is 289 g/mol. The predicted molar refractivity (Wildman–Crippen MR) is 85.8 cm³/mol. The third kappa shape index (κ3) is 4.05. The summed E-state index contributed by atoms with van der Waals surface area (Å²) in [7, 11) is 0. The number of primary amides is 1. The summed E-state index contributed by atoms with van der Waals surface area (Å²) in [5.41, 5.74) is 6.35. The van der Waals surface area contributed by atoms with Crippen LogP contribution in [0.5, 0.6) is 0 Å². The van der Waals surface area contributed by atoms with Crippen LogP contribution in [0.3, 0.4) is 0 Å². The molecule has 3 N–H and O–H groups in total. The van der Waals surface area contributed by atoms with Crippen molar-refractivity contribution in [1.82, 2.24) is 10.2 Å². The number of likely N-dealkylation sites (tertiary alicyclic amines) is 1. The predicted octanol–water partition coefficient (Wildman–Crippen LogP) is 1.89. The zero-order chi connectivity index (χ0) is 15.3. The minimum Gasteiger partial charge on any atom is -0.368 e. The van der Waals surface area contributed by atoms with E-state index in [9.17, 15) is 4.79 Å². The molecule has 1 atom stereocenters. The summed E-state index contributed by atoms with van der Waals surface area (Å²) >= 11 is 0. The summed E-state index contributed by atoms with van der Waals surface area (Å²) in [5.74, 6) is -0.218. The molecule has 116 valence electrons. The van der Waals surface area contributed by atoms with Gasteiger partial charge in [-0.25, -0.2) is 0 Å². The van der Waals surface area contributed by atoms with E-state index in [0.29, 0.717) is 12.6 Å². The first-order chi connectivity index (χ1) is 10.0. The third-order valence-electron chi connectivity index (χ3n) is 4.55. The number of nitrogens with zero attached hydrogens (tertiary/aromatic N) is 1. The SMILES string of the molecule is CC(C)N1CCCC(NCc2ccccc2)(C(N)=O)CC1. The van der Waals surface area contributed by atoms with Crippen molar-refractivity contribution in [2.24, 2.45) is 5.73 Å². The van der Waals surface area contributed by atoms with Gasteiger partial charge < -0.3 is 10.6 Å². The Morgan fingerprint density at radius 1 is 1.29 bits per heavy atom. The minimum absolute atomic E-state index is 0.218. The van der Waals surface area contributed by atoms with E-state index in [1.54, 1.807) is 0 Å². The van der Waals surface area contributed by atoms with E-state index in [1.807, 2.05) is 18.2 Å². The van der Waals surface area contributed by atoms with E-state index in [0.717, 1.165) is 32.4 Å². The largest absolute Gasteiger partial charge is 0.368 e. The van der Waals surface area contributed by atoms with Gasteiger partial charge in [0.15, 0.2) is 0 Å². The van der Waals surface area contributed by atoms with Gasteiger partial charge in [0.05, 0.1) is 5.54 Å². The number of hydrogen-bond donors (Lipinski definition) is 2. The molecule has 1 aliphatic rings. The van der Waals surface area contributed by atoms with Crippen LogP contribution in [0.4, 0.5) is 0 Å². The van der Waals surface area contributed by atoms with Crippen LogP contribution in [0, 0.1) is 0 Å². The van der Waals surface area contributed by atoms with E-state index in [1.165, 1.54) is 5.56 Å². The molecule has 1 amide bonds. The van der Waals surface area contributed by atoms with Crippen molar-refractivity contribution in [2.45, 2.75) is 51.2 Å². The number of hydrogen-bond acceptors (Lipinski definition) is 3. The molecular weight excluding hydrogens is 262 g/mol. The maximum atomic E-state index is 12.1. The highest BCUT2D eigenvalue weighted by molar-refractivity contribution is 5.84. The lowest BCUT2D eigenvalue weighted by atomic mass is 9.89. The molecule has 1 aromatic rings. The Bertz CT molecular complexity index is 460. The first kappa shape index (κ1) is 16.0. The van der Waals surface area contributed by atoms with Crippen LogP contribution in [0.15, 0.2) is 30.3 Å². The van der Waals surface area contributed by atoms with Gasteiger partial charge in [0, 0.05) is 19.1 Å². The van der Waals surface area contributed by atoms with Gasteiger partial charge in [-0.05, 0) is 45.2 Å². The number of nitrogens with two attached hydrogens (primary N) is 1. The molecule has 1 aromatic carbocycles. The lowest BCUT2D eigenvalue weighted by Gasteiger charge is -2.31. The molecule has 4 heteroatoms. The maximum Gasteiger partial charge on any atom is 0.237 e. The maximum absolute atomic E-state index is 12.1. The number of carbonyl (C=O) groups excluding carboxylic acids is 1. The van der Waals surface area contributed by atoms with E-state index in [-0.39, 0.29) is 5.91 Å². The second kappa shape index (κ2) is 7.05. The van der Waals surface area contributed by atoms with Gasteiger partial charge in [0.2, 0.25) is 5.91 Å². The van der Waals surface area contributed by atoms with Crippen molar-refractivity contribution in [2.75, 3.05) is 13.1 Å². The molecule has 1 heterocycles. The van der Waals surface area contributed by atoms with Crippen LogP contribution >= 0.6 is 0 Å². The normalized spacial score (nSPS) is 24.0. The highest BCUT2D eigenvalue weighted by Crippen LogP contribution is 2.24. The zero-order valence-corrected chi connectivity index (χ0v) is 13.1. The molecule has 1 unspecified atom stereocenters. The number of rotatable bonds is 5. The van der Waals surface area contributed by atoms with Crippen LogP contribution in [0.1, 0.15) is 38.7 Å². The molecule has 1 saturated heterocycles. The molecule has 0 radical (unpaired) electrons. The first-order valence-corrected chi connectivity index (χ1v) is 7.86. The van der Waals surface area contributed by atoms with E-state index < -0.39 is 5.54 Å². The van der Waals surface area contributed by atoms with E-state index in [2.05, 4.69) is 36.2 Å². The van der Waals surface area contributed by atoms with Crippen molar-refractivity contribution < 1.29 is 4.79 Å². The van der Waals surface area contributed by atoms with Crippen molar-refractivity contribution in [1.29, 1.82) is 0 Å². The zero-order valence-electron chi connectivity index (χ0n) is 13.1. The van der Waals surface area contributed by atoms with Crippen LogP contribution in [0.2, 0.25) is 0 Å². The molecule has 1 fully saturated rings. The summed E-state index contributed by atoms with van der Waals surface area (Å²) in [4.78, 5) is 14.5. The van der Waals surface area contributed by atoms with Gasteiger partial charge in [0.1, 0.15) is 0 Å². The van der Waals surface area contributed by atoms with E-state index in [4.69, 9.17) is 5.73 Å². The molecule has 4 nitrogen and oxygen atoms in total. The highest BCUT2D eigenvalue weighted by atomic mass is 16.1. The minimum atomic E-state index is -0.570. The highest BCUT2D eigenvalue weighted by Gasteiger charge is 2.37. The summed E-state index contributed by atoms with van der Waals surface area (Å²) in [6.07, 6.45) is 2.61. The monoisotopic (exact) mass is 289 g/mol. The first-order valence-electron chi connectivity index (χ1n) is 7.86. The molecule has 0 bridgehead atoms. The Kier molecular flexibility index (Phi) is 5.37. The Labute approximate surface area is 127 Å². The lowest BCUT2D eigenvalue weighted by Crippen LogP contribution is -2.55. The Morgan fingerprint density at radius 3 is 2.62 bits per heavy atom. The van der Waals surface area contributed by atoms with Gasteiger partial charge in [-0.1, -0.05) is 30.3 Å². The topological polar surface area (TPSA) is 58.4 Å². The fourth-order valence-electron chi connectivity index (χ4n) is 3.05. The van der Waals surface area contributed by atoms with Gasteiger partial charge >= 0.3 is 0 Å².